The van der Waals surface area contributed by atoms with Crippen molar-refractivity contribution in [2.75, 3.05) is 39.6 Å². The van der Waals surface area contributed by atoms with E-state index in [1.807, 2.05) is 0 Å². The topological polar surface area (TPSA) is 590 Å². The van der Waals surface area contributed by atoms with Crippen LogP contribution in [0.2, 0.25) is 0 Å². The molecule has 6 rings (SSSR count). The van der Waals surface area contributed by atoms with Crippen molar-refractivity contribution in [2.45, 2.75) is 217 Å². The van der Waals surface area contributed by atoms with E-state index in [-0.39, 0.29) is 0 Å². The first-order chi connectivity index (χ1) is 38.6. The number of rotatable bonds is 22. The normalized spacial score (nSPS) is 46.3. The molecule has 22 N–H and O–H groups in total. The van der Waals surface area contributed by atoms with Crippen LogP contribution < -0.4 is 16.0 Å². The fraction of sp³-hybridized carbons (Fsp3) is 0.911. The van der Waals surface area contributed by atoms with Crippen LogP contribution in [0.5, 0.6) is 0 Å². The van der Waals surface area contributed by atoms with Gasteiger partial charge in [-0.3, -0.25) is 14.4 Å². The lowest BCUT2D eigenvalue weighted by Gasteiger charge is -2.51. The number of aliphatic hydroxyl groups is 18. The van der Waals surface area contributed by atoms with Gasteiger partial charge in [-0.2, -0.15) is 0 Å². The number of carbonyl (C=O) groups excluding carboxylic acids is 3. The first-order valence-corrected chi connectivity index (χ1v) is 25.7. The summed E-state index contributed by atoms with van der Waals surface area (Å²) in [6.07, 6.45) is -54.9. The Morgan fingerprint density at radius 3 is 1.48 bits per heavy atom. The molecule has 6 aliphatic heterocycles. The van der Waals surface area contributed by atoms with E-state index in [0.29, 0.717) is 0 Å². The van der Waals surface area contributed by atoms with Crippen LogP contribution in [0, 0.1) is 0 Å². The summed E-state index contributed by atoms with van der Waals surface area (Å²) in [5.41, 5.74) is 0. The van der Waals surface area contributed by atoms with E-state index in [1.54, 1.807) is 0 Å². The fourth-order valence-corrected chi connectivity index (χ4v) is 10.3. The van der Waals surface area contributed by atoms with Gasteiger partial charge in [0.2, 0.25) is 17.7 Å². The van der Waals surface area contributed by atoms with Crippen molar-refractivity contribution >= 4 is 23.7 Å². The molecule has 0 aliphatic carbocycles. The van der Waals surface area contributed by atoms with E-state index < -0.39 is 259 Å². The Labute approximate surface area is 463 Å². The third-order valence-electron chi connectivity index (χ3n) is 14.6. The summed E-state index contributed by atoms with van der Waals surface area (Å²) in [4.78, 5) is 50.1. The zero-order chi connectivity index (χ0) is 61.0. The molecule has 37 heteroatoms. The molecule has 6 saturated heterocycles. The zero-order valence-electron chi connectivity index (χ0n) is 43.9. The van der Waals surface area contributed by atoms with Crippen molar-refractivity contribution in [3.05, 3.63) is 0 Å². The maximum absolute atomic E-state index is 13.0. The summed E-state index contributed by atoms with van der Waals surface area (Å²) < 4.78 is 62.5. The minimum atomic E-state index is -3.21. The van der Waals surface area contributed by atoms with Crippen LogP contribution >= 0.6 is 0 Å². The van der Waals surface area contributed by atoms with Gasteiger partial charge in [0.05, 0.1) is 51.8 Å². The number of aliphatic hydroxyl groups excluding tert-OH is 18. The van der Waals surface area contributed by atoms with Crippen LogP contribution in [0.15, 0.2) is 0 Å². The Morgan fingerprint density at radius 1 is 0.500 bits per heavy atom. The first kappa shape index (κ1) is 67.8. The van der Waals surface area contributed by atoms with Gasteiger partial charge in [-0.25, -0.2) is 4.79 Å². The summed E-state index contributed by atoms with van der Waals surface area (Å²) in [6, 6.07) is -5.20. The molecule has 82 heavy (non-hydrogen) atoms. The molecule has 6 heterocycles. The third-order valence-corrected chi connectivity index (χ3v) is 14.6. The highest BCUT2D eigenvalue weighted by Crippen LogP contribution is 2.39. The Hall–Kier alpha value is -3.28. The Kier molecular flexibility index (Phi) is 23.9. The maximum atomic E-state index is 13.0. The monoisotopic (exact) mass is 1200 g/mol. The number of carbonyl (C=O) groups is 4. The van der Waals surface area contributed by atoms with E-state index >= 15 is 0 Å². The Balaban J connectivity index is 1.19. The first-order valence-electron chi connectivity index (χ1n) is 25.7. The molecular weight excluding hydrogens is 1130 g/mol. The summed E-state index contributed by atoms with van der Waals surface area (Å²) in [7, 11) is 0. The molecule has 6 fully saturated rings. The summed E-state index contributed by atoms with van der Waals surface area (Å²) in [6.45, 7) is -3.13. The zero-order valence-corrected chi connectivity index (χ0v) is 43.9. The molecule has 0 aromatic heterocycles. The molecule has 37 nitrogen and oxygen atoms in total. The smallest absolute Gasteiger partial charge is 0.364 e. The van der Waals surface area contributed by atoms with Crippen LogP contribution in [0.1, 0.15) is 27.2 Å². The highest BCUT2D eigenvalue weighted by Gasteiger charge is 2.61. The van der Waals surface area contributed by atoms with Gasteiger partial charge in [0, 0.05) is 27.2 Å². The van der Waals surface area contributed by atoms with Gasteiger partial charge >= 0.3 is 5.97 Å². The van der Waals surface area contributed by atoms with Crippen LogP contribution in [-0.2, 0) is 71.3 Å². The molecule has 0 aromatic carbocycles. The second-order valence-corrected chi connectivity index (χ2v) is 20.4. The molecule has 0 aromatic rings. The minimum absolute atomic E-state index is 0.828. The highest BCUT2D eigenvalue weighted by molar-refractivity contribution is 5.77. The Morgan fingerprint density at radius 2 is 0.951 bits per heavy atom. The van der Waals surface area contributed by atoms with Crippen molar-refractivity contribution < 1.29 is 168 Å². The van der Waals surface area contributed by atoms with Crippen LogP contribution in [-0.4, -0.2) is 350 Å². The molecule has 0 bridgehead atoms. The van der Waals surface area contributed by atoms with Gasteiger partial charge < -0.3 is 165 Å². The lowest BCUT2D eigenvalue weighted by atomic mass is 9.88. The number of amides is 3. The van der Waals surface area contributed by atoms with Crippen molar-refractivity contribution in [3.8, 4) is 0 Å². The molecule has 474 valence electrons. The minimum Gasteiger partial charge on any atom is -0.477 e. The van der Waals surface area contributed by atoms with Crippen LogP contribution in [0.3, 0.4) is 0 Å². The number of hydrogen-bond donors (Lipinski definition) is 22. The highest BCUT2D eigenvalue weighted by atomic mass is 16.8. The van der Waals surface area contributed by atoms with Gasteiger partial charge in [0.15, 0.2) is 31.5 Å². The predicted octanol–water partition coefficient (Wildman–Crippen LogP) is -14.5. The number of carboxylic acid groups (broad SMARTS) is 1. The van der Waals surface area contributed by atoms with E-state index in [1.165, 1.54) is 0 Å². The second-order valence-electron chi connectivity index (χ2n) is 20.4. The average Bonchev–Trinajstić information content (AvgIpc) is 3.60. The molecule has 3 amide bonds. The lowest BCUT2D eigenvalue weighted by Crippen LogP contribution is -2.71. The molecular formula is C45H75N3O34. The number of hydrogen-bond acceptors (Lipinski definition) is 33. The fourth-order valence-electron chi connectivity index (χ4n) is 10.3. The second kappa shape index (κ2) is 28.9. The molecule has 0 unspecified atom stereocenters. The predicted molar refractivity (Wildman–Crippen MR) is 251 cm³/mol. The standard InChI is InChI=1S/C45H75N3O34/c1-11(54)46-21-14(57)4-45(44(70)71,81-37(21)24(59)15(58)5-49)82-38-26(61)17(7-51)75-43(33(38)68)80-36-23(48-13(3)56)39(69)73-20(27(36)62)10-72-40-22(47-12(2)55)28(63)34(18(8-52)76-40)78-42-32(67)30(65)35(19(9-53)77-42)79-41-31(66)29(64)25(60)16(6-50)74-41/h14-43,49-53,57-69H,4-10H2,1-3H3,(H,46,54)(H,47,55)(H,48,56)(H,70,71)/t14-,15+,16+,17+,18+,19+,20+,21+,22+,23+,24+,25-,26-,27-,28+,29-,30+,31+,32+,33+,34+,35-,36+,37+,38-,39-,40+,41-,42-,43-,45-/m0/s1. The van der Waals surface area contributed by atoms with E-state index in [2.05, 4.69) is 16.0 Å². The van der Waals surface area contributed by atoms with Gasteiger partial charge in [-0.05, 0) is 0 Å². The number of ether oxygens (including phenoxy) is 11. The van der Waals surface area contributed by atoms with Gasteiger partial charge in [-0.1, -0.05) is 0 Å². The number of carboxylic acids is 1. The number of aliphatic carboxylic acids is 1. The molecule has 0 saturated carbocycles. The largest absolute Gasteiger partial charge is 0.477 e. The van der Waals surface area contributed by atoms with Gasteiger partial charge in [0.1, 0.15) is 140 Å². The van der Waals surface area contributed by atoms with E-state index in [9.17, 15) is 116 Å². The number of nitrogens with one attached hydrogen (secondary N) is 3. The van der Waals surface area contributed by atoms with Crippen molar-refractivity contribution in [3.63, 3.8) is 0 Å². The Bertz CT molecular complexity index is 2090. The SMILES string of the molecule is CC(=O)N[C@@H]1[C@@H](O[C@@H]2O[C@H](CO)[C@H](O)[C@H](O[C@]3(C(=O)O)C[C@H](O)[C@@H](NC(C)=O)[C@H]([C@H](O)[C@H](O)CO)O3)[C@H]2O)[C@@H](O)[C@@H](CO[C@@H]2O[C@H](CO)[C@@H](O[C@@H]3O[C@H](CO)[C@H](O[C@@H]4O[C@H](CO)[C@H](O)[C@H](O)[C@H]4O)[C@H](O)[C@H]3O)[C@H](O)[C@H]2NC(C)=O)O[C@@H]1O. The van der Waals surface area contributed by atoms with Gasteiger partial charge in [-0.15, -0.1) is 0 Å². The van der Waals surface area contributed by atoms with E-state index in [4.69, 9.17) is 52.1 Å². The summed E-state index contributed by atoms with van der Waals surface area (Å²) in [5.74, 6) is -7.84. The maximum Gasteiger partial charge on any atom is 0.364 e. The van der Waals surface area contributed by atoms with Crippen molar-refractivity contribution in [1.29, 1.82) is 0 Å². The van der Waals surface area contributed by atoms with Gasteiger partial charge in [0.25, 0.3) is 5.79 Å². The molecule has 0 spiro atoms. The van der Waals surface area contributed by atoms with Crippen molar-refractivity contribution in [1.82, 2.24) is 16.0 Å². The van der Waals surface area contributed by atoms with Crippen LogP contribution in [0.25, 0.3) is 0 Å². The quantitative estimate of drug-likeness (QED) is 0.0479. The summed E-state index contributed by atoms with van der Waals surface area (Å²) in [5, 5.41) is 211. The molecule has 31 atom stereocenters. The third kappa shape index (κ3) is 14.7. The van der Waals surface area contributed by atoms with Crippen molar-refractivity contribution in [2.24, 2.45) is 0 Å². The lowest BCUT2D eigenvalue weighted by molar-refractivity contribution is -0.382. The molecule has 0 radical (unpaired) electrons. The molecule has 6 aliphatic rings. The summed E-state index contributed by atoms with van der Waals surface area (Å²) >= 11 is 0. The van der Waals surface area contributed by atoms with E-state index in [0.717, 1.165) is 20.8 Å². The average molecular weight is 1200 g/mol. The van der Waals surface area contributed by atoms with Crippen LogP contribution in [0.4, 0.5) is 0 Å².